The topological polar surface area (TPSA) is 101 Å². The van der Waals surface area contributed by atoms with Crippen LogP contribution in [0, 0.1) is 5.41 Å². The first-order valence-electron chi connectivity index (χ1n) is 5.99. The Labute approximate surface area is 107 Å². The minimum Gasteiger partial charge on any atom is -0.409 e. The molecule has 0 aromatic carbocycles. The molecule has 0 aliphatic carbocycles. The molecule has 7 heteroatoms. The van der Waals surface area contributed by atoms with Crippen LogP contribution in [0.25, 0.3) is 0 Å². The molecule has 0 atom stereocenters. The van der Waals surface area contributed by atoms with E-state index in [9.17, 15) is 0 Å². The van der Waals surface area contributed by atoms with Gasteiger partial charge in [0.2, 0.25) is 0 Å². The third kappa shape index (κ3) is 3.99. The van der Waals surface area contributed by atoms with E-state index >= 15 is 0 Å². The summed E-state index contributed by atoms with van der Waals surface area (Å²) in [6.45, 7) is 5.54. The summed E-state index contributed by atoms with van der Waals surface area (Å²) in [4.78, 5) is 0. The molecule has 0 saturated heterocycles. The van der Waals surface area contributed by atoms with E-state index in [0.717, 1.165) is 31.8 Å². The Kier molecular flexibility index (Phi) is 5.08. The van der Waals surface area contributed by atoms with Gasteiger partial charge in [0.05, 0.1) is 0 Å². The second-order valence-corrected chi connectivity index (χ2v) is 4.98. The first-order chi connectivity index (χ1) is 8.47. The summed E-state index contributed by atoms with van der Waals surface area (Å²) in [5, 5.41) is 22.8. The van der Waals surface area contributed by atoms with Crippen LogP contribution in [-0.4, -0.2) is 38.9 Å². The highest BCUT2D eigenvalue weighted by atomic mass is 16.4. The van der Waals surface area contributed by atoms with Crippen molar-refractivity contribution in [2.75, 3.05) is 13.1 Å². The smallest absolute Gasteiger partial charge is 0.144 e. The number of nitrogens with two attached hydrogens (primary N) is 1. The lowest BCUT2D eigenvalue weighted by molar-refractivity contribution is 0.305. The average molecular weight is 254 g/mol. The number of hydrogen-bond acceptors (Lipinski definition) is 5. The fourth-order valence-corrected chi connectivity index (χ4v) is 1.52. The zero-order chi connectivity index (χ0) is 13.6. The predicted molar refractivity (Wildman–Crippen MR) is 69.4 cm³/mol. The van der Waals surface area contributed by atoms with Crippen LogP contribution in [0.4, 0.5) is 0 Å². The van der Waals surface area contributed by atoms with Crippen molar-refractivity contribution in [1.82, 2.24) is 20.1 Å². The van der Waals surface area contributed by atoms with Crippen LogP contribution in [0.15, 0.2) is 11.5 Å². The summed E-state index contributed by atoms with van der Waals surface area (Å²) < 4.78 is 1.90. The van der Waals surface area contributed by atoms with Gasteiger partial charge in [0.1, 0.15) is 18.0 Å². The summed E-state index contributed by atoms with van der Waals surface area (Å²) in [5.74, 6) is 1.22. The highest BCUT2D eigenvalue weighted by Crippen LogP contribution is 2.19. The average Bonchev–Trinajstić information content (AvgIpc) is 2.73. The molecule has 0 spiro atoms. The van der Waals surface area contributed by atoms with Crippen molar-refractivity contribution in [1.29, 1.82) is 0 Å². The van der Waals surface area contributed by atoms with Crippen molar-refractivity contribution in [2.45, 2.75) is 26.7 Å². The number of oxime groups is 1. The number of aromatic nitrogens is 3. The van der Waals surface area contributed by atoms with Crippen LogP contribution in [-0.2, 0) is 13.5 Å². The molecular formula is C11H22N6O. The molecule has 1 heterocycles. The van der Waals surface area contributed by atoms with Gasteiger partial charge in [-0.2, -0.15) is 0 Å². The van der Waals surface area contributed by atoms with E-state index in [4.69, 9.17) is 10.9 Å². The maximum absolute atomic E-state index is 8.65. The van der Waals surface area contributed by atoms with Gasteiger partial charge in [-0.3, -0.25) is 0 Å². The minimum atomic E-state index is -0.299. The predicted octanol–water partition coefficient (Wildman–Crippen LogP) is 0.110. The Hall–Kier alpha value is -1.63. The number of rotatable bonds is 7. The lowest BCUT2D eigenvalue weighted by Gasteiger charge is -2.22. The number of aryl methyl sites for hydroxylation is 1. The Balaban J connectivity index is 2.22. The van der Waals surface area contributed by atoms with Crippen LogP contribution in [0.2, 0.25) is 0 Å². The van der Waals surface area contributed by atoms with Crippen LogP contribution in [0.3, 0.4) is 0 Å². The second-order valence-electron chi connectivity index (χ2n) is 4.98. The number of nitrogens with one attached hydrogen (secondary N) is 1. The normalized spacial score (nSPS) is 12.9. The molecule has 1 aromatic rings. The molecule has 0 amide bonds. The highest BCUT2D eigenvalue weighted by Gasteiger charge is 2.22. The van der Waals surface area contributed by atoms with Crippen LogP contribution in [0.1, 0.15) is 26.1 Å². The zero-order valence-corrected chi connectivity index (χ0v) is 11.2. The van der Waals surface area contributed by atoms with Crippen LogP contribution in [0.5, 0.6) is 0 Å². The van der Waals surface area contributed by atoms with E-state index in [1.807, 2.05) is 25.5 Å². The van der Waals surface area contributed by atoms with Crippen molar-refractivity contribution in [3.8, 4) is 0 Å². The standard InChI is InChI=1S/C11H22N6O/c1-11(2,10(12)16-18)5-7-13-6-4-9-15-14-8-17(9)3/h8,13,18H,4-7H2,1-3H3,(H2,12,16). The van der Waals surface area contributed by atoms with Crippen molar-refractivity contribution in [3.05, 3.63) is 12.2 Å². The van der Waals surface area contributed by atoms with Gasteiger partial charge in [0.15, 0.2) is 0 Å². The molecule has 0 saturated carbocycles. The van der Waals surface area contributed by atoms with Gasteiger partial charge in [-0.05, 0) is 13.0 Å². The van der Waals surface area contributed by atoms with Crippen molar-refractivity contribution in [3.63, 3.8) is 0 Å². The van der Waals surface area contributed by atoms with Crippen LogP contribution >= 0.6 is 0 Å². The van der Waals surface area contributed by atoms with Crippen LogP contribution < -0.4 is 11.1 Å². The van der Waals surface area contributed by atoms with Gasteiger partial charge in [-0.25, -0.2) is 0 Å². The maximum atomic E-state index is 8.65. The maximum Gasteiger partial charge on any atom is 0.144 e. The van der Waals surface area contributed by atoms with Gasteiger partial charge >= 0.3 is 0 Å². The fourth-order valence-electron chi connectivity index (χ4n) is 1.52. The Morgan fingerprint density at radius 2 is 2.28 bits per heavy atom. The molecule has 0 unspecified atom stereocenters. The van der Waals surface area contributed by atoms with Gasteiger partial charge < -0.3 is 20.8 Å². The summed E-state index contributed by atoms with van der Waals surface area (Å²) in [6.07, 6.45) is 3.33. The first kappa shape index (κ1) is 14.4. The number of hydrogen-bond donors (Lipinski definition) is 3. The minimum absolute atomic E-state index is 0.262. The van der Waals surface area contributed by atoms with E-state index < -0.39 is 0 Å². The van der Waals surface area contributed by atoms with E-state index in [1.165, 1.54) is 0 Å². The molecule has 18 heavy (non-hydrogen) atoms. The van der Waals surface area contributed by atoms with Gasteiger partial charge in [0, 0.05) is 25.4 Å². The molecular weight excluding hydrogens is 232 g/mol. The van der Waals surface area contributed by atoms with Gasteiger partial charge in [-0.15, -0.1) is 10.2 Å². The molecule has 0 bridgehead atoms. The Morgan fingerprint density at radius 1 is 1.56 bits per heavy atom. The SMILES string of the molecule is Cn1cnnc1CCNCCC(C)(C)C(N)=NO. The molecule has 102 valence electrons. The molecule has 7 nitrogen and oxygen atoms in total. The second kappa shape index (κ2) is 6.34. The summed E-state index contributed by atoms with van der Waals surface area (Å²) >= 11 is 0. The van der Waals surface area contributed by atoms with E-state index in [2.05, 4.69) is 20.7 Å². The lowest BCUT2D eigenvalue weighted by atomic mass is 9.88. The zero-order valence-electron chi connectivity index (χ0n) is 11.2. The highest BCUT2D eigenvalue weighted by molar-refractivity contribution is 5.85. The monoisotopic (exact) mass is 254 g/mol. The summed E-state index contributed by atoms with van der Waals surface area (Å²) in [5.41, 5.74) is 5.31. The molecule has 0 fully saturated rings. The van der Waals surface area contributed by atoms with E-state index in [0.29, 0.717) is 0 Å². The first-order valence-corrected chi connectivity index (χ1v) is 5.99. The van der Waals surface area contributed by atoms with E-state index in [-0.39, 0.29) is 11.3 Å². The molecule has 0 radical (unpaired) electrons. The quantitative estimate of drug-likeness (QED) is 0.211. The fraction of sp³-hybridized carbons (Fsp3) is 0.727. The number of amidine groups is 1. The molecule has 1 aromatic heterocycles. The Morgan fingerprint density at radius 3 is 2.83 bits per heavy atom. The molecule has 0 aliphatic rings. The van der Waals surface area contributed by atoms with Gasteiger partial charge in [-0.1, -0.05) is 19.0 Å². The van der Waals surface area contributed by atoms with Crippen molar-refractivity contribution >= 4 is 5.84 Å². The van der Waals surface area contributed by atoms with Crippen molar-refractivity contribution < 1.29 is 5.21 Å². The largest absolute Gasteiger partial charge is 0.409 e. The number of nitrogens with zero attached hydrogens (tertiary/aromatic N) is 4. The summed E-state index contributed by atoms with van der Waals surface area (Å²) in [7, 11) is 1.93. The Bertz CT molecular complexity index is 398. The van der Waals surface area contributed by atoms with Gasteiger partial charge in [0.25, 0.3) is 0 Å². The molecule has 0 aliphatic heterocycles. The molecule has 4 N–H and O–H groups in total. The van der Waals surface area contributed by atoms with Crippen molar-refractivity contribution in [2.24, 2.45) is 23.4 Å². The third-order valence-electron chi connectivity index (χ3n) is 3.06. The molecule has 1 rings (SSSR count). The van der Waals surface area contributed by atoms with E-state index in [1.54, 1.807) is 6.33 Å². The lowest BCUT2D eigenvalue weighted by Crippen LogP contribution is -2.35. The third-order valence-corrected chi connectivity index (χ3v) is 3.06. The summed E-state index contributed by atoms with van der Waals surface area (Å²) in [6, 6.07) is 0.